The first kappa shape index (κ1) is 8.02. The zero-order valence-electron chi connectivity index (χ0n) is 7.03. The minimum absolute atomic E-state index is 0.244. The fourth-order valence-electron chi connectivity index (χ4n) is 1.08. The summed E-state index contributed by atoms with van der Waals surface area (Å²) in [6.07, 6.45) is 1.83. The Morgan fingerprint density at radius 2 is 2.46 bits per heavy atom. The van der Waals surface area contributed by atoms with E-state index in [1.54, 1.807) is 18.3 Å². The van der Waals surface area contributed by atoms with Crippen molar-refractivity contribution in [3.05, 3.63) is 24.0 Å². The van der Waals surface area contributed by atoms with Gasteiger partial charge in [0.2, 0.25) is 0 Å². The molecule has 0 saturated carbocycles. The van der Waals surface area contributed by atoms with Gasteiger partial charge >= 0.3 is 0 Å². The van der Waals surface area contributed by atoms with Crippen molar-refractivity contribution in [3.8, 4) is 11.8 Å². The van der Waals surface area contributed by atoms with Gasteiger partial charge in [-0.25, -0.2) is 4.98 Å². The van der Waals surface area contributed by atoms with Crippen molar-refractivity contribution in [1.82, 2.24) is 10.3 Å². The molecule has 0 amide bonds. The van der Waals surface area contributed by atoms with E-state index in [0.29, 0.717) is 5.69 Å². The molecule has 0 spiro atoms. The molecule has 0 unspecified atom stereocenters. The molecule has 1 fully saturated rings. The monoisotopic (exact) mass is 175 g/mol. The summed E-state index contributed by atoms with van der Waals surface area (Å²) in [6, 6.07) is 5.38. The topological polar surface area (TPSA) is 57.9 Å². The first-order valence-corrected chi connectivity index (χ1v) is 4.12. The van der Waals surface area contributed by atoms with Crippen LogP contribution in [0.1, 0.15) is 5.69 Å². The van der Waals surface area contributed by atoms with Gasteiger partial charge in [0, 0.05) is 25.4 Å². The van der Waals surface area contributed by atoms with E-state index in [1.165, 1.54) is 0 Å². The highest BCUT2D eigenvalue weighted by atomic mass is 16.5. The number of hydrogen-bond donors (Lipinski definition) is 1. The zero-order chi connectivity index (χ0) is 9.10. The predicted octanol–water partition coefficient (Wildman–Crippen LogP) is 0.304. The fourth-order valence-corrected chi connectivity index (χ4v) is 1.08. The largest absolute Gasteiger partial charge is 0.488 e. The summed E-state index contributed by atoms with van der Waals surface area (Å²) >= 11 is 0. The third-order valence-electron chi connectivity index (χ3n) is 1.89. The summed E-state index contributed by atoms with van der Waals surface area (Å²) in [7, 11) is 0. The van der Waals surface area contributed by atoms with Crippen molar-refractivity contribution in [1.29, 1.82) is 5.26 Å². The zero-order valence-corrected chi connectivity index (χ0v) is 7.03. The fraction of sp³-hybridized carbons (Fsp3) is 0.333. The maximum atomic E-state index is 8.59. The van der Waals surface area contributed by atoms with E-state index in [0.717, 1.165) is 18.8 Å². The van der Waals surface area contributed by atoms with E-state index in [-0.39, 0.29) is 6.10 Å². The third-order valence-corrected chi connectivity index (χ3v) is 1.89. The van der Waals surface area contributed by atoms with Crippen LogP contribution in [-0.2, 0) is 0 Å². The second kappa shape index (κ2) is 3.42. The molecule has 2 rings (SSSR count). The van der Waals surface area contributed by atoms with E-state index in [4.69, 9.17) is 10.00 Å². The van der Waals surface area contributed by atoms with Gasteiger partial charge in [-0.1, -0.05) is 0 Å². The van der Waals surface area contributed by atoms with E-state index in [2.05, 4.69) is 10.3 Å². The molecule has 1 aliphatic heterocycles. The molecule has 0 atom stereocenters. The molecule has 13 heavy (non-hydrogen) atoms. The molecule has 1 aromatic rings. The normalized spacial score (nSPS) is 15.9. The highest BCUT2D eigenvalue weighted by Gasteiger charge is 2.18. The van der Waals surface area contributed by atoms with Crippen LogP contribution < -0.4 is 10.1 Å². The lowest BCUT2D eigenvalue weighted by molar-refractivity contribution is 0.142. The van der Waals surface area contributed by atoms with E-state index in [9.17, 15) is 0 Å². The van der Waals surface area contributed by atoms with Gasteiger partial charge in [0.25, 0.3) is 0 Å². The first-order chi connectivity index (χ1) is 6.38. The second-order valence-electron chi connectivity index (χ2n) is 2.89. The molecule has 4 nitrogen and oxygen atoms in total. The number of nitrogens with zero attached hydrogens (tertiary/aromatic N) is 2. The number of rotatable bonds is 2. The number of ether oxygens (including phenoxy) is 1. The van der Waals surface area contributed by atoms with Crippen molar-refractivity contribution in [2.75, 3.05) is 13.1 Å². The highest BCUT2D eigenvalue weighted by molar-refractivity contribution is 5.30. The molecule has 0 aromatic carbocycles. The minimum Gasteiger partial charge on any atom is -0.488 e. The lowest BCUT2D eigenvalue weighted by Crippen LogP contribution is -2.50. The smallest absolute Gasteiger partial charge is 0.144 e. The summed E-state index contributed by atoms with van der Waals surface area (Å²) in [6.45, 7) is 1.76. The quantitative estimate of drug-likeness (QED) is 0.702. The van der Waals surface area contributed by atoms with Gasteiger partial charge in [0.15, 0.2) is 0 Å². The Bertz CT molecular complexity index is 341. The Balaban J connectivity index is 2.07. The molecular formula is C9H9N3O. The van der Waals surface area contributed by atoms with Crippen LogP contribution in [0.4, 0.5) is 0 Å². The number of nitrogens with one attached hydrogen (secondary N) is 1. The predicted molar refractivity (Wildman–Crippen MR) is 46.2 cm³/mol. The number of pyridine rings is 1. The first-order valence-electron chi connectivity index (χ1n) is 4.12. The Morgan fingerprint density at radius 3 is 3.08 bits per heavy atom. The summed E-state index contributed by atoms with van der Waals surface area (Å²) < 4.78 is 5.54. The van der Waals surface area contributed by atoms with Crippen LogP contribution >= 0.6 is 0 Å². The summed E-state index contributed by atoms with van der Waals surface area (Å²) in [5, 5.41) is 11.7. The highest BCUT2D eigenvalue weighted by Crippen LogP contribution is 2.13. The van der Waals surface area contributed by atoms with Gasteiger partial charge in [-0.15, -0.1) is 0 Å². The SMILES string of the molecule is N#Cc1cc(OC2CNC2)ccn1. The van der Waals surface area contributed by atoms with Crippen molar-refractivity contribution in [2.45, 2.75) is 6.10 Å². The third kappa shape index (κ3) is 1.76. The summed E-state index contributed by atoms with van der Waals surface area (Å²) in [5.74, 6) is 0.720. The second-order valence-corrected chi connectivity index (χ2v) is 2.89. The molecule has 2 heterocycles. The van der Waals surface area contributed by atoms with Gasteiger partial charge in [0.05, 0.1) is 0 Å². The van der Waals surface area contributed by atoms with Crippen LogP contribution in [0.5, 0.6) is 5.75 Å². The van der Waals surface area contributed by atoms with E-state index < -0.39 is 0 Å². The molecule has 1 N–H and O–H groups in total. The summed E-state index contributed by atoms with van der Waals surface area (Å²) in [5.41, 5.74) is 0.393. The van der Waals surface area contributed by atoms with Gasteiger partial charge in [-0.2, -0.15) is 5.26 Å². The van der Waals surface area contributed by atoms with Crippen LogP contribution in [0.2, 0.25) is 0 Å². The van der Waals surface area contributed by atoms with Gasteiger partial charge in [-0.05, 0) is 6.07 Å². The summed E-state index contributed by atoms with van der Waals surface area (Å²) in [4.78, 5) is 3.85. The van der Waals surface area contributed by atoms with Crippen molar-refractivity contribution >= 4 is 0 Å². The van der Waals surface area contributed by atoms with Crippen molar-refractivity contribution in [2.24, 2.45) is 0 Å². The van der Waals surface area contributed by atoms with Crippen LogP contribution in [0.25, 0.3) is 0 Å². The van der Waals surface area contributed by atoms with Crippen molar-refractivity contribution < 1.29 is 4.74 Å². The van der Waals surface area contributed by atoms with Gasteiger partial charge in [0.1, 0.15) is 23.6 Å². The number of aromatic nitrogens is 1. The Labute approximate surface area is 76.2 Å². The molecule has 4 heteroatoms. The molecule has 0 radical (unpaired) electrons. The lowest BCUT2D eigenvalue weighted by Gasteiger charge is -2.27. The van der Waals surface area contributed by atoms with E-state index >= 15 is 0 Å². The van der Waals surface area contributed by atoms with Crippen LogP contribution in [0, 0.1) is 11.3 Å². The number of hydrogen-bond acceptors (Lipinski definition) is 4. The average molecular weight is 175 g/mol. The molecule has 66 valence electrons. The van der Waals surface area contributed by atoms with Gasteiger partial charge in [-0.3, -0.25) is 0 Å². The average Bonchev–Trinajstić information content (AvgIpc) is 2.12. The van der Waals surface area contributed by atoms with Crippen LogP contribution in [-0.4, -0.2) is 24.2 Å². The lowest BCUT2D eigenvalue weighted by atomic mass is 10.2. The maximum Gasteiger partial charge on any atom is 0.144 e. The molecule has 1 aromatic heterocycles. The van der Waals surface area contributed by atoms with Crippen LogP contribution in [0.15, 0.2) is 18.3 Å². The van der Waals surface area contributed by atoms with Crippen LogP contribution in [0.3, 0.4) is 0 Å². The van der Waals surface area contributed by atoms with E-state index in [1.807, 2.05) is 6.07 Å². The van der Waals surface area contributed by atoms with Gasteiger partial charge < -0.3 is 10.1 Å². The maximum absolute atomic E-state index is 8.59. The molecule has 0 aliphatic carbocycles. The Morgan fingerprint density at radius 1 is 1.62 bits per heavy atom. The Hall–Kier alpha value is -1.60. The molecular weight excluding hydrogens is 166 g/mol. The Kier molecular flexibility index (Phi) is 2.11. The molecule has 1 saturated heterocycles. The standard InChI is InChI=1S/C9H9N3O/c10-4-7-3-8(1-2-12-7)13-9-5-11-6-9/h1-3,9,11H,5-6H2. The molecule has 0 bridgehead atoms. The number of nitriles is 1. The minimum atomic E-state index is 0.244. The molecule has 1 aliphatic rings. The van der Waals surface area contributed by atoms with Crippen molar-refractivity contribution in [3.63, 3.8) is 0 Å².